The van der Waals surface area contributed by atoms with Gasteiger partial charge in [0.2, 0.25) is 11.8 Å². The van der Waals surface area contributed by atoms with E-state index in [2.05, 4.69) is 26.0 Å². The summed E-state index contributed by atoms with van der Waals surface area (Å²) in [5.41, 5.74) is 0.897. The van der Waals surface area contributed by atoms with Crippen LogP contribution in [0, 0.1) is 11.3 Å². The molecular formula is C20H28N2O2. The molecule has 1 spiro atoms. The summed E-state index contributed by atoms with van der Waals surface area (Å²) in [6, 6.07) is 10.7. The highest BCUT2D eigenvalue weighted by molar-refractivity contribution is 5.91. The summed E-state index contributed by atoms with van der Waals surface area (Å²) in [6.07, 6.45) is 1.54. The highest BCUT2D eigenvalue weighted by Crippen LogP contribution is 2.56. The summed E-state index contributed by atoms with van der Waals surface area (Å²) in [6.45, 7) is 9.43. The molecular weight excluding hydrogens is 300 g/mol. The number of carbonyl (C=O) groups is 2. The molecule has 1 unspecified atom stereocenters. The molecule has 1 aromatic rings. The van der Waals surface area contributed by atoms with Gasteiger partial charge in [-0.25, -0.2) is 0 Å². The van der Waals surface area contributed by atoms with Crippen molar-refractivity contribution in [3.05, 3.63) is 35.9 Å². The SMILES string of the molecule is CC(C)C(=O)N1CCC2(CC1)C(=O)N(C(C)C)C2c1ccccc1. The Labute approximate surface area is 144 Å². The van der Waals surface area contributed by atoms with Crippen LogP contribution in [0.5, 0.6) is 0 Å². The summed E-state index contributed by atoms with van der Waals surface area (Å²) >= 11 is 0. The molecule has 4 heteroatoms. The van der Waals surface area contributed by atoms with Crippen LogP contribution >= 0.6 is 0 Å². The number of hydrogen-bond donors (Lipinski definition) is 0. The molecule has 0 aliphatic carbocycles. The van der Waals surface area contributed by atoms with Gasteiger partial charge in [-0.1, -0.05) is 44.2 Å². The Balaban J connectivity index is 1.84. The lowest BCUT2D eigenvalue weighted by Crippen LogP contribution is -2.68. The molecule has 0 N–H and O–H groups in total. The molecule has 1 aromatic carbocycles. The van der Waals surface area contributed by atoms with E-state index in [9.17, 15) is 9.59 Å². The molecule has 4 nitrogen and oxygen atoms in total. The quantitative estimate of drug-likeness (QED) is 0.799. The molecule has 2 saturated heterocycles. The normalized spacial score (nSPS) is 23.1. The fourth-order valence-electron chi connectivity index (χ4n) is 4.32. The van der Waals surface area contributed by atoms with Crippen molar-refractivity contribution in [2.45, 2.75) is 52.6 Å². The summed E-state index contributed by atoms with van der Waals surface area (Å²) in [5.74, 6) is 0.491. The Morgan fingerprint density at radius 1 is 1.08 bits per heavy atom. The first-order valence-corrected chi connectivity index (χ1v) is 9.05. The predicted octanol–water partition coefficient (Wildman–Crippen LogP) is 3.24. The van der Waals surface area contributed by atoms with Crippen molar-refractivity contribution in [1.29, 1.82) is 0 Å². The van der Waals surface area contributed by atoms with Crippen molar-refractivity contribution in [3.63, 3.8) is 0 Å². The number of nitrogens with zero attached hydrogens (tertiary/aromatic N) is 2. The number of β-lactam (4-membered cyclic amide) rings is 1. The van der Waals surface area contributed by atoms with E-state index < -0.39 is 0 Å². The fourth-order valence-corrected chi connectivity index (χ4v) is 4.32. The lowest BCUT2D eigenvalue weighted by atomic mass is 9.61. The van der Waals surface area contributed by atoms with Gasteiger partial charge < -0.3 is 9.80 Å². The maximum absolute atomic E-state index is 13.0. The van der Waals surface area contributed by atoms with Gasteiger partial charge in [0.25, 0.3) is 0 Å². The van der Waals surface area contributed by atoms with Crippen LogP contribution < -0.4 is 0 Å². The van der Waals surface area contributed by atoms with Gasteiger partial charge in [0.15, 0.2) is 0 Å². The van der Waals surface area contributed by atoms with E-state index in [0.29, 0.717) is 13.1 Å². The van der Waals surface area contributed by atoms with E-state index in [0.717, 1.165) is 12.8 Å². The van der Waals surface area contributed by atoms with Crippen LogP contribution in [0.2, 0.25) is 0 Å². The van der Waals surface area contributed by atoms with Crippen LogP contribution in [0.4, 0.5) is 0 Å². The van der Waals surface area contributed by atoms with Gasteiger partial charge in [0, 0.05) is 25.0 Å². The number of rotatable bonds is 3. The Hall–Kier alpha value is -1.84. The Morgan fingerprint density at radius 2 is 1.67 bits per heavy atom. The molecule has 0 bridgehead atoms. The minimum absolute atomic E-state index is 0.0215. The van der Waals surface area contributed by atoms with Crippen molar-refractivity contribution in [1.82, 2.24) is 9.80 Å². The zero-order chi connectivity index (χ0) is 17.5. The molecule has 24 heavy (non-hydrogen) atoms. The number of amides is 2. The van der Waals surface area contributed by atoms with Crippen LogP contribution in [0.15, 0.2) is 30.3 Å². The van der Waals surface area contributed by atoms with Crippen molar-refractivity contribution in [2.75, 3.05) is 13.1 Å². The van der Waals surface area contributed by atoms with Gasteiger partial charge in [-0.3, -0.25) is 9.59 Å². The highest BCUT2D eigenvalue weighted by Gasteiger charge is 2.62. The molecule has 0 aromatic heterocycles. The summed E-state index contributed by atoms with van der Waals surface area (Å²) < 4.78 is 0. The minimum Gasteiger partial charge on any atom is -0.342 e. The Morgan fingerprint density at radius 3 is 2.17 bits per heavy atom. The monoisotopic (exact) mass is 328 g/mol. The predicted molar refractivity (Wildman–Crippen MR) is 94.3 cm³/mol. The van der Waals surface area contributed by atoms with E-state index in [1.807, 2.05) is 41.8 Å². The zero-order valence-corrected chi connectivity index (χ0v) is 15.2. The number of hydrogen-bond acceptors (Lipinski definition) is 2. The molecule has 2 aliphatic rings. The number of piperidine rings is 1. The van der Waals surface area contributed by atoms with E-state index in [1.165, 1.54) is 5.56 Å². The van der Waals surface area contributed by atoms with Crippen LogP contribution in [0.1, 0.15) is 52.1 Å². The van der Waals surface area contributed by atoms with Crippen molar-refractivity contribution < 1.29 is 9.59 Å². The average Bonchev–Trinajstić information content (AvgIpc) is 2.58. The molecule has 0 saturated carbocycles. The van der Waals surface area contributed by atoms with Gasteiger partial charge in [0.1, 0.15) is 0 Å². The number of likely N-dealkylation sites (tertiary alicyclic amines) is 2. The molecule has 130 valence electrons. The second-order valence-electron chi connectivity index (χ2n) is 7.76. The molecule has 3 rings (SSSR count). The van der Waals surface area contributed by atoms with Crippen molar-refractivity contribution in [2.24, 2.45) is 11.3 Å². The topological polar surface area (TPSA) is 40.6 Å². The molecule has 2 aliphatic heterocycles. The van der Waals surface area contributed by atoms with Crippen LogP contribution in [0.3, 0.4) is 0 Å². The largest absolute Gasteiger partial charge is 0.342 e. The first-order chi connectivity index (χ1) is 11.4. The molecule has 1 atom stereocenters. The van der Waals surface area contributed by atoms with Gasteiger partial charge in [0.05, 0.1) is 11.5 Å². The van der Waals surface area contributed by atoms with Crippen molar-refractivity contribution in [3.8, 4) is 0 Å². The van der Waals surface area contributed by atoms with Gasteiger partial charge >= 0.3 is 0 Å². The molecule has 0 radical (unpaired) electrons. The van der Waals surface area contributed by atoms with Crippen LogP contribution in [-0.4, -0.2) is 40.7 Å². The minimum atomic E-state index is -0.320. The molecule has 2 heterocycles. The Bertz CT molecular complexity index is 616. The van der Waals surface area contributed by atoms with Gasteiger partial charge in [-0.2, -0.15) is 0 Å². The fraction of sp³-hybridized carbons (Fsp3) is 0.600. The van der Waals surface area contributed by atoms with E-state index in [-0.39, 0.29) is 35.2 Å². The van der Waals surface area contributed by atoms with Gasteiger partial charge in [-0.05, 0) is 32.3 Å². The number of carbonyl (C=O) groups excluding carboxylic acids is 2. The highest BCUT2D eigenvalue weighted by atomic mass is 16.2. The van der Waals surface area contributed by atoms with Gasteiger partial charge in [-0.15, -0.1) is 0 Å². The maximum atomic E-state index is 13.0. The van der Waals surface area contributed by atoms with Crippen LogP contribution in [-0.2, 0) is 9.59 Å². The van der Waals surface area contributed by atoms with E-state index in [4.69, 9.17) is 0 Å². The van der Waals surface area contributed by atoms with E-state index >= 15 is 0 Å². The smallest absolute Gasteiger partial charge is 0.232 e. The Kier molecular flexibility index (Phi) is 4.41. The lowest BCUT2D eigenvalue weighted by Gasteiger charge is -2.60. The second kappa shape index (κ2) is 6.23. The third-order valence-electron chi connectivity index (χ3n) is 5.59. The first kappa shape index (κ1) is 17.0. The standard InChI is InChI=1S/C20H28N2O2/c1-14(2)18(23)21-12-10-20(11-13-21)17(16-8-6-5-7-9-16)22(15(3)4)19(20)24/h5-9,14-15,17H,10-13H2,1-4H3. The lowest BCUT2D eigenvalue weighted by molar-refractivity contribution is -0.186. The average molecular weight is 328 g/mol. The third kappa shape index (κ3) is 2.52. The summed E-state index contributed by atoms with van der Waals surface area (Å²) in [5, 5.41) is 0. The van der Waals surface area contributed by atoms with Crippen LogP contribution in [0.25, 0.3) is 0 Å². The van der Waals surface area contributed by atoms with Crippen molar-refractivity contribution >= 4 is 11.8 Å². The zero-order valence-electron chi connectivity index (χ0n) is 15.2. The summed E-state index contributed by atoms with van der Waals surface area (Å²) in [7, 11) is 0. The second-order valence-corrected chi connectivity index (χ2v) is 7.76. The first-order valence-electron chi connectivity index (χ1n) is 9.05. The third-order valence-corrected chi connectivity index (χ3v) is 5.59. The van der Waals surface area contributed by atoms with E-state index in [1.54, 1.807) is 0 Å². The number of benzene rings is 1. The molecule has 2 fully saturated rings. The molecule has 2 amide bonds. The maximum Gasteiger partial charge on any atom is 0.232 e. The summed E-state index contributed by atoms with van der Waals surface area (Å²) in [4.78, 5) is 29.2.